The maximum absolute atomic E-state index is 14.1. The molecule has 0 bridgehead atoms. The molecule has 4 aromatic rings. The molecule has 2 N–H and O–H groups in total. The topological polar surface area (TPSA) is 90.3 Å². The molecule has 0 radical (unpaired) electrons. The second kappa shape index (κ2) is 13.6. The number of hydrogen-bond donors (Lipinski definition) is 2. The lowest BCUT2D eigenvalue weighted by Gasteiger charge is -2.29. The molecule has 1 aliphatic rings. The van der Waals surface area contributed by atoms with Crippen molar-refractivity contribution >= 4 is 61.2 Å². The van der Waals surface area contributed by atoms with Crippen LogP contribution in [0.4, 0.5) is 11.6 Å². The van der Waals surface area contributed by atoms with Crippen molar-refractivity contribution < 1.29 is 14.3 Å². The van der Waals surface area contributed by atoms with E-state index in [1.54, 1.807) is 16.4 Å². The van der Waals surface area contributed by atoms with E-state index in [9.17, 15) is 4.79 Å². The van der Waals surface area contributed by atoms with Gasteiger partial charge in [0, 0.05) is 15.9 Å². The molecule has 1 atom stereocenters. The quantitative estimate of drug-likeness (QED) is 0.159. The molecular formula is C32H33Br2N5O3S. The lowest BCUT2D eigenvalue weighted by Crippen LogP contribution is -2.31. The number of amides is 1. The number of rotatable bonds is 10. The smallest absolute Gasteiger partial charge is 0.255 e. The normalized spacial score (nSPS) is 14.3. The molecular weight excluding hydrogens is 694 g/mol. The molecule has 5 rings (SSSR count). The van der Waals surface area contributed by atoms with Crippen LogP contribution in [-0.2, 0) is 11.4 Å². The molecule has 0 fully saturated rings. The Labute approximate surface area is 272 Å². The SMILES string of the molecule is CCOc1cc(C2C(C(=O)Nc3cccc(C)c3C)=C(C)Nc3nc(SCC)nn32)cc(Br)c1OCc1cccc(Br)c1. The summed E-state index contributed by atoms with van der Waals surface area (Å²) in [6.07, 6.45) is 0. The summed E-state index contributed by atoms with van der Waals surface area (Å²) >= 11 is 8.81. The van der Waals surface area contributed by atoms with Gasteiger partial charge < -0.3 is 20.1 Å². The van der Waals surface area contributed by atoms with Crippen molar-refractivity contribution in [3.05, 3.63) is 97.1 Å². The first-order chi connectivity index (χ1) is 20.7. The van der Waals surface area contributed by atoms with E-state index in [1.165, 1.54) is 0 Å². The molecule has 1 amide bonds. The Morgan fingerprint density at radius 1 is 1.07 bits per heavy atom. The predicted octanol–water partition coefficient (Wildman–Crippen LogP) is 8.44. The number of benzene rings is 3. The van der Waals surface area contributed by atoms with Gasteiger partial charge in [0.05, 0.1) is 16.7 Å². The predicted molar refractivity (Wildman–Crippen MR) is 179 cm³/mol. The van der Waals surface area contributed by atoms with Gasteiger partial charge in [0.25, 0.3) is 5.91 Å². The maximum Gasteiger partial charge on any atom is 0.255 e. The molecule has 8 nitrogen and oxygen atoms in total. The number of nitrogens with zero attached hydrogens (tertiary/aromatic N) is 3. The Morgan fingerprint density at radius 3 is 2.60 bits per heavy atom. The fraction of sp³-hybridized carbons (Fsp3) is 0.281. The van der Waals surface area contributed by atoms with Gasteiger partial charge in [0.1, 0.15) is 12.6 Å². The molecule has 3 aromatic carbocycles. The average Bonchev–Trinajstić information content (AvgIpc) is 3.36. The fourth-order valence-corrected chi connectivity index (χ4v) is 6.51. The number of carbonyl (C=O) groups is 1. The number of nitrogens with one attached hydrogen (secondary N) is 2. The highest BCUT2D eigenvalue weighted by molar-refractivity contribution is 9.10. The highest BCUT2D eigenvalue weighted by atomic mass is 79.9. The van der Waals surface area contributed by atoms with Gasteiger partial charge in [-0.2, -0.15) is 4.98 Å². The second-order valence-electron chi connectivity index (χ2n) is 10.0. The lowest BCUT2D eigenvalue weighted by molar-refractivity contribution is -0.113. The summed E-state index contributed by atoms with van der Waals surface area (Å²) in [6.45, 7) is 10.7. The van der Waals surface area contributed by atoms with Crippen LogP contribution in [0.15, 0.2) is 80.0 Å². The largest absolute Gasteiger partial charge is 0.490 e. The third-order valence-electron chi connectivity index (χ3n) is 7.12. The first-order valence-corrected chi connectivity index (χ1v) is 16.5. The van der Waals surface area contributed by atoms with Gasteiger partial charge in [0.2, 0.25) is 11.1 Å². The molecule has 1 unspecified atom stereocenters. The lowest BCUT2D eigenvalue weighted by atomic mass is 9.94. The van der Waals surface area contributed by atoms with E-state index in [1.807, 2.05) is 82.3 Å². The number of fused-ring (bicyclic) bond motifs is 1. The third kappa shape index (κ3) is 6.78. The van der Waals surface area contributed by atoms with Gasteiger partial charge in [-0.25, -0.2) is 4.68 Å². The van der Waals surface area contributed by atoms with Crippen LogP contribution >= 0.6 is 43.6 Å². The van der Waals surface area contributed by atoms with Crippen LogP contribution in [0.2, 0.25) is 0 Å². The van der Waals surface area contributed by atoms with Gasteiger partial charge >= 0.3 is 0 Å². The van der Waals surface area contributed by atoms with Gasteiger partial charge in [0.15, 0.2) is 11.5 Å². The molecule has 43 heavy (non-hydrogen) atoms. The zero-order chi connectivity index (χ0) is 30.7. The minimum atomic E-state index is -0.574. The minimum Gasteiger partial charge on any atom is -0.490 e. The summed E-state index contributed by atoms with van der Waals surface area (Å²) in [5.74, 6) is 2.33. The van der Waals surface area contributed by atoms with Crippen LogP contribution in [0.3, 0.4) is 0 Å². The molecule has 1 aliphatic heterocycles. The van der Waals surface area contributed by atoms with Crippen LogP contribution in [-0.4, -0.2) is 33.0 Å². The van der Waals surface area contributed by atoms with Crippen LogP contribution in [0.25, 0.3) is 0 Å². The van der Waals surface area contributed by atoms with E-state index in [-0.39, 0.29) is 5.91 Å². The second-order valence-corrected chi connectivity index (χ2v) is 13.0. The van der Waals surface area contributed by atoms with Crippen molar-refractivity contribution in [3.8, 4) is 11.5 Å². The highest BCUT2D eigenvalue weighted by Crippen LogP contribution is 2.44. The minimum absolute atomic E-state index is 0.224. The first kappa shape index (κ1) is 31.2. The number of aryl methyl sites for hydroxylation is 1. The van der Waals surface area contributed by atoms with Crippen molar-refractivity contribution in [1.82, 2.24) is 14.8 Å². The number of aromatic nitrogens is 3. The summed E-state index contributed by atoms with van der Waals surface area (Å²) in [5.41, 5.74) is 5.94. The Hall–Kier alpha value is -3.28. The third-order valence-corrected chi connectivity index (χ3v) is 8.93. The number of halogens is 2. The molecule has 0 saturated heterocycles. The van der Waals surface area contributed by atoms with Crippen LogP contribution < -0.4 is 20.1 Å². The number of thioether (sulfide) groups is 1. The average molecular weight is 728 g/mol. The Kier molecular flexibility index (Phi) is 9.83. The van der Waals surface area contributed by atoms with E-state index in [0.29, 0.717) is 51.6 Å². The summed E-state index contributed by atoms with van der Waals surface area (Å²) in [6, 6.07) is 17.2. The zero-order valence-electron chi connectivity index (χ0n) is 24.6. The van der Waals surface area contributed by atoms with E-state index in [2.05, 4.69) is 49.4 Å². The number of carbonyl (C=O) groups excluding carboxylic acids is 1. The van der Waals surface area contributed by atoms with Crippen molar-refractivity contribution in [2.75, 3.05) is 23.0 Å². The fourth-order valence-electron chi connectivity index (χ4n) is 4.93. The molecule has 224 valence electrons. The van der Waals surface area contributed by atoms with Crippen molar-refractivity contribution in [1.29, 1.82) is 0 Å². The zero-order valence-corrected chi connectivity index (χ0v) is 28.6. The molecule has 11 heteroatoms. The first-order valence-electron chi connectivity index (χ1n) is 14.0. The van der Waals surface area contributed by atoms with E-state index in [0.717, 1.165) is 38.2 Å². The van der Waals surface area contributed by atoms with Gasteiger partial charge in [-0.05, 0) is 102 Å². The van der Waals surface area contributed by atoms with E-state index < -0.39 is 6.04 Å². The molecule has 2 heterocycles. The van der Waals surface area contributed by atoms with Crippen LogP contribution in [0.5, 0.6) is 11.5 Å². The monoisotopic (exact) mass is 725 g/mol. The van der Waals surface area contributed by atoms with Crippen molar-refractivity contribution in [3.63, 3.8) is 0 Å². The van der Waals surface area contributed by atoms with Crippen LogP contribution in [0.1, 0.15) is 49.1 Å². The Balaban J connectivity index is 1.58. The van der Waals surface area contributed by atoms with Crippen molar-refractivity contribution in [2.45, 2.75) is 52.4 Å². The molecule has 0 saturated carbocycles. The Morgan fingerprint density at radius 2 is 1.86 bits per heavy atom. The number of anilines is 2. The highest BCUT2D eigenvalue weighted by Gasteiger charge is 2.35. The Bertz CT molecular complexity index is 1700. The summed E-state index contributed by atoms with van der Waals surface area (Å²) in [4.78, 5) is 18.8. The van der Waals surface area contributed by atoms with Crippen molar-refractivity contribution in [2.24, 2.45) is 0 Å². The number of hydrogen-bond acceptors (Lipinski definition) is 7. The van der Waals surface area contributed by atoms with E-state index in [4.69, 9.17) is 19.6 Å². The molecule has 0 spiro atoms. The van der Waals surface area contributed by atoms with Crippen LogP contribution in [0, 0.1) is 13.8 Å². The van der Waals surface area contributed by atoms with Gasteiger partial charge in [-0.3, -0.25) is 4.79 Å². The summed E-state index contributed by atoms with van der Waals surface area (Å²) in [7, 11) is 0. The van der Waals surface area contributed by atoms with Gasteiger partial charge in [-0.1, -0.05) is 58.9 Å². The molecule has 0 aliphatic carbocycles. The number of allylic oxidation sites excluding steroid dienone is 1. The standard InChI is InChI=1S/C32H33Br2N5O3S/c1-6-41-26-16-22(15-24(34)29(26)42-17-21-11-9-12-23(33)14-21)28-27(30(40)36-25-13-8-10-18(3)19(25)4)20(5)35-31-37-32(43-7-2)38-39(28)31/h8-16,28H,6-7,17H2,1-5H3,(H,36,40)(H,35,37,38). The maximum atomic E-state index is 14.1. The summed E-state index contributed by atoms with van der Waals surface area (Å²) < 4.78 is 15.8. The number of ether oxygens (including phenoxy) is 2. The van der Waals surface area contributed by atoms with Gasteiger partial charge in [-0.15, -0.1) is 5.10 Å². The molecule has 1 aromatic heterocycles. The van der Waals surface area contributed by atoms with E-state index >= 15 is 0 Å². The summed E-state index contributed by atoms with van der Waals surface area (Å²) in [5, 5.41) is 11.9.